The molecule has 1 aliphatic carbocycles. The molecule has 32 heteroatoms. The Labute approximate surface area is 875 Å². The van der Waals surface area contributed by atoms with Crippen LogP contribution in [0.1, 0.15) is 309 Å². The number of Topliss-reactive ketones (excluding diaryl/α,β-unsaturated/α-hetero) is 4. The summed E-state index contributed by atoms with van der Waals surface area (Å²) in [5.74, 6) is -0.0797. The van der Waals surface area contributed by atoms with Crippen molar-refractivity contribution in [3.8, 4) is 43.3 Å². The molecule has 17 rings (SSSR count). The van der Waals surface area contributed by atoms with Crippen LogP contribution in [0.3, 0.4) is 0 Å². The molecule has 0 bridgehead atoms. The molecular weight excluding hydrogens is 1910 g/mol. The third-order valence-electron chi connectivity index (χ3n) is 29.2. The number of aliphatic hydroxyl groups is 4. The van der Waals surface area contributed by atoms with E-state index in [0.29, 0.717) is 68.0 Å². The topological polar surface area (TPSA) is 412 Å². The van der Waals surface area contributed by atoms with Crippen molar-refractivity contribution in [2.24, 2.45) is 17.8 Å². The molecule has 4 amide bonds. The zero-order valence-electron chi connectivity index (χ0n) is 89.3. The second kappa shape index (κ2) is 47.8. The maximum absolute atomic E-state index is 13.9. The largest absolute Gasteiger partial charge is 0.443 e. The number of aryl methyl sites for hydroxylation is 8. The van der Waals surface area contributed by atoms with Gasteiger partial charge in [-0.15, -0.1) is 22.7 Å². The number of ketones is 4. The average molecular weight is 2060 g/mol. The van der Waals surface area contributed by atoms with Crippen LogP contribution in [-0.2, 0) is 85.7 Å². The highest BCUT2D eigenvalue weighted by molar-refractivity contribution is 7.13. The van der Waals surface area contributed by atoms with Gasteiger partial charge in [0.25, 0.3) is 0 Å². The summed E-state index contributed by atoms with van der Waals surface area (Å²) in [5.41, 5.74) is 19.0. The second-order valence-electron chi connectivity index (χ2n) is 45.4. The van der Waals surface area contributed by atoms with E-state index in [1.54, 1.807) is 48.5 Å². The van der Waals surface area contributed by atoms with Crippen molar-refractivity contribution in [2.75, 3.05) is 26.2 Å². The number of rotatable bonds is 32. The molecule has 12 atom stereocenters. The number of aliphatic hydroxyl groups excluding tert-OH is 4. The Kier molecular flexibility index (Phi) is 36.0. The Hall–Kier alpha value is -12.2. The first-order valence-corrected chi connectivity index (χ1v) is 53.8. The summed E-state index contributed by atoms with van der Waals surface area (Å²) in [6.45, 7) is 42.7. The van der Waals surface area contributed by atoms with Crippen LogP contribution in [0.4, 0.5) is 0 Å². The number of hydrogen-bond donors (Lipinski definition) is 4. The molecule has 1 saturated carbocycles. The van der Waals surface area contributed by atoms with Crippen molar-refractivity contribution in [3.05, 3.63) is 236 Å². The predicted molar refractivity (Wildman–Crippen MR) is 565 cm³/mol. The highest BCUT2D eigenvalue weighted by atomic mass is 32.1. The Bertz CT molecular complexity index is 6330. The Morgan fingerprint density at radius 2 is 0.716 bits per heavy atom. The van der Waals surface area contributed by atoms with E-state index in [1.807, 2.05) is 221 Å². The number of oxazole rings is 1. The molecule has 12 unspecified atom stereocenters. The molecule has 4 saturated heterocycles. The minimum atomic E-state index is -0.727. The highest BCUT2D eigenvalue weighted by Gasteiger charge is 2.50. The van der Waals surface area contributed by atoms with Crippen molar-refractivity contribution < 1.29 is 85.8 Å². The number of likely N-dealkylation sites (tertiary alicyclic amines) is 4. The summed E-state index contributed by atoms with van der Waals surface area (Å²) in [7, 11) is 0. The lowest BCUT2D eigenvalue weighted by Gasteiger charge is -2.35. The molecule has 0 radical (unpaired) electrons. The minimum absolute atomic E-state index is 0.00223. The lowest BCUT2D eigenvalue weighted by Crippen LogP contribution is -2.45. The summed E-state index contributed by atoms with van der Waals surface area (Å²) in [6, 6.07) is 37.2. The summed E-state index contributed by atoms with van der Waals surface area (Å²) in [6.07, 6.45) is 8.27. The first-order chi connectivity index (χ1) is 70.1. The number of carbonyl (C=O) groups excluding carboxylic acids is 8. The van der Waals surface area contributed by atoms with Gasteiger partial charge >= 0.3 is 0 Å². The smallest absolute Gasteiger partial charge is 0.234 e. The van der Waals surface area contributed by atoms with Gasteiger partial charge in [-0.3, -0.25) is 38.4 Å². The minimum Gasteiger partial charge on any atom is -0.443 e. The summed E-state index contributed by atoms with van der Waals surface area (Å²) in [4.78, 5) is 129. The molecule has 12 heterocycles. The fourth-order valence-electron chi connectivity index (χ4n) is 20.0. The van der Waals surface area contributed by atoms with Crippen LogP contribution >= 0.6 is 22.7 Å². The molecule has 4 N–H and O–H groups in total. The van der Waals surface area contributed by atoms with Gasteiger partial charge in [-0.25, -0.2) is 15.0 Å². The first-order valence-electron chi connectivity index (χ1n) is 52.0. The number of β-amino-alcohol motifs (C(OH)–C–C–N with tert-alkyl or cyclic N) is 4. The summed E-state index contributed by atoms with van der Waals surface area (Å²) in [5, 5.41) is 62.3. The van der Waals surface area contributed by atoms with E-state index in [0.717, 1.165) is 130 Å². The SMILES string of the molecule is CCC(C(=O)N1CC(O)CC1C(=O)CCc1ccc(-c2scnc2C)cc1)c1cc(C(C)(C)C)no1.Cc1ncoc1-c1ccc(CCC(=O)C2CC(O)CN2C(=O)C(c2cc(C(C)(C)C)no2)C(C)C)cc1.Cc1ncsc1-c1ccc(CCC(=O)C2CC(O)CN2C(=O)C(c2cc(C(C)(C)C)no2)C2CCC2)cc1.Cc1nocc1-c1ccc(CCC(=O)C2CC(O)CN2C(=O)C(c2cc(C(C)(C)C)no2)C(C)C)cc1. The fourth-order valence-corrected chi connectivity index (χ4v) is 21.6. The van der Waals surface area contributed by atoms with Gasteiger partial charge in [-0.05, 0) is 129 Å². The molecule has 790 valence electrons. The normalized spacial score (nSPS) is 19.5. The number of thiazole rings is 2. The Morgan fingerprint density at radius 1 is 0.392 bits per heavy atom. The molecule has 148 heavy (non-hydrogen) atoms. The molecule has 8 aromatic heterocycles. The van der Waals surface area contributed by atoms with E-state index < -0.39 is 72.3 Å². The van der Waals surface area contributed by atoms with E-state index in [2.05, 4.69) is 97.9 Å². The van der Waals surface area contributed by atoms with Gasteiger partial charge in [0.15, 0.2) is 35.3 Å². The third kappa shape index (κ3) is 27.0. The lowest BCUT2D eigenvalue weighted by atomic mass is 9.74. The lowest BCUT2D eigenvalue weighted by molar-refractivity contribution is -0.141. The van der Waals surface area contributed by atoms with E-state index in [-0.39, 0.29) is 151 Å². The molecule has 30 nitrogen and oxygen atoms in total. The number of carbonyl (C=O) groups is 8. The Balaban J connectivity index is 0.000000156. The first kappa shape index (κ1) is 111. The van der Waals surface area contributed by atoms with E-state index in [9.17, 15) is 58.8 Å². The van der Waals surface area contributed by atoms with Crippen LogP contribution in [0.5, 0.6) is 0 Å². The summed E-state index contributed by atoms with van der Waals surface area (Å²) < 4.78 is 33.0. The maximum Gasteiger partial charge on any atom is 0.234 e. The fraction of sp³-hybridized carbons (Fsp3) is 0.517. The van der Waals surface area contributed by atoms with E-state index in [4.69, 9.17) is 27.0 Å². The zero-order chi connectivity index (χ0) is 107. The molecule has 4 aliphatic heterocycles. The predicted octanol–water partition coefficient (Wildman–Crippen LogP) is 20.2. The molecule has 0 spiro atoms. The van der Waals surface area contributed by atoms with Gasteiger partial charge in [-0.1, -0.05) is 247 Å². The van der Waals surface area contributed by atoms with Gasteiger partial charge in [0.1, 0.15) is 47.1 Å². The number of hydrogen-bond acceptors (Lipinski definition) is 28. The van der Waals surface area contributed by atoms with Gasteiger partial charge in [0, 0.05) is 135 Å². The monoisotopic (exact) mass is 2060 g/mol. The van der Waals surface area contributed by atoms with Gasteiger partial charge < -0.3 is 67.1 Å². The standard InChI is InChI=1S/C30H37N3O4S.2C29H37N3O5.C28H35N3O4S/c1-18-28(38-17-31-18)21-11-8-19(9-12-21)10-13-24(35)23-14-22(34)16-33(23)29(36)27(20-6-5-7-20)25-15-26(32-37-25)30(2,3)4;1-17(2)27(25-14-26(31-37-25)29(4,5)6)28(35)32-15-21(33)13-23(32)24(34)12-9-19-7-10-20(11-8-19)22-16-36-30-18(22)3;1-17(2)26(24-14-25(31-37-24)29(4,5)6)28(35)32-15-21(33)13-22(32)23(34)12-9-19-7-10-20(11-8-19)27-18(3)30-16-36-27;1-6-21(24-14-25(30-35-24)28(3,4)5)27(34)31-15-20(32)13-22(31)23(33)12-9-18-7-10-19(11-8-18)26-17(2)29-16-36-26/h8-9,11-12,15,17,20,22-23,27,34H,5-7,10,13-14,16H2,1-4H3;7-8,10-11,14,16-17,21,23,27,33H,9,12-13,15H2,1-6H3;7-8,10-11,14,16-17,21-22,26,33H,9,12-13,15H2,1-6H3;7-8,10-11,14,16,20-22,32H,6,9,12-13,15H2,1-5H3. The summed E-state index contributed by atoms with van der Waals surface area (Å²) >= 11 is 3.23. The van der Waals surface area contributed by atoms with Crippen LogP contribution in [0.2, 0.25) is 0 Å². The number of amides is 4. The zero-order valence-corrected chi connectivity index (χ0v) is 91.0. The second-order valence-corrected chi connectivity index (χ2v) is 47.1. The van der Waals surface area contributed by atoms with Gasteiger partial charge in [-0.2, -0.15) is 0 Å². The van der Waals surface area contributed by atoms with Crippen molar-refractivity contribution in [2.45, 2.75) is 342 Å². The van der Waals surface area contributed by atoms with Crippen molar-refractivity contribution in [1.82, 2.24) is 60.3 Å². The van der Waals surface area contributed by atoms with E-state index >= 15 is 0 Å². The van der Waals surface area contributed by atoms with Crippen molar-refractivity contribution in [3.63, 3.8) is 0 Å². The molecule has 12 aromatic rings. The number of benzene rings is 4. The molecule has 5 aliphatic rings. The van der Waals surface area contributed by atoms with Crippen LogP contribution < -0.4 is 0 Å². The van der Waals surface area contributed by atoms with Crippen LogP contribution in [0, 0.1) is 45.4 Å². The molecule has 5 fully saturated rings. The van der Waals surface area contributed by atoms with E-state index in [1.165, 1.54) is 6.39 Å². The van der Waals surface area contributed by atoms with Crippen LogP contribution in [-0.4, -0.2) is 202 Å². The van der Waals surface area contributed by atoms with Gasteiger partial charge in [0.05, 0.1) is 121 Å². The number of nitrogens with zero attached hydrogens (tertiary/aromatic N) is 12. The van der Waals surface area contributed by atoms with Gasteiger partial charge in [0.2, 0.25) is 23.6 Å². The molecular formula is C116H146N12O18S2. The quantitative estimate of drug-likeness (QED) is 0.0304. The highest BCUT2D eigenvalue weighted by Crippen LogP contribution is 2.45. The molecule has 4 aromatic carbocycles. The Morgan fingerprint density at radius 3 is 1.01 bits per heavy atom. The van der Waals surface area contributed by atoms with Crippen molar-refractivity contribution in [1.29, 1.82) is 0 Å². The average Bonchev–Trinajstić information content (AvgIpc) is 1.61. The van der Waals surface area contributed by atoms with Crippen LogP contribution in [0.15, 0.2) is 172 Å². The number of aromatic nitrogens is 8. The van der Waals surface area contributed by atoms with Crippen molar-refractivity contribution >= 4 is 69.4 Å². The van der Waals surface area contributed by atoms with Crippen LogP contribution in [0.25, 0.3) is 43.3 Å². The third-order valence-corrected chi connectivity index (χ3v) is 31.1. The maximum atomic E-state index is 13.9.